The second-order valence-electron chi connectivity index (χ2n) is 7.62. The number of ether oxygens (including phenoxy) is 2. The van der Waals surface area contributed by atoms with Crippen LogP contribution in [0.5, 0.6) is 11.5 Å². The first kappa shape index (κ1) is 24.9. The third-order valence-electron chi connectivity index (χ3n) is 4.89. The van der Waals surface area contributed by atoms with Gasteiger partial charge in [-0.1, -0.05) is 73.2 Å². The molecule has 0 aromatic heterocycles. The summed E-state index contributed by atoms with van der Waals surface area (Å²) in [7, 11) is 0. The number of carbonyl (C=O) groups excluding carboxylic acids is 1. The lowest BCUT2D eigenvalue weighted by molar-refractivity contribution is -0.121. The van der Waals surface area contributed by atoms with Gasteiger partial charge in [0, 0.05) is 17.1 Å². The van der Waals surface area contributed by atoms with Crippen molar-refractivity contribution in [3.8, 4) is 11.5 Å². The van der Waals surface area contributed by atoms with Crippen molar-refractivity contribution in [1.82, 2.24) is 4.90 Å². The van der Waals surface area contributed by atoms with E-state index < -0.39 is 0 Å². The molecule has 32 heavy (non-hydrogen) atoms. The van der Waals surface area contributed by atoms with Crippen molar-refractivity contribution in [3.63, 3.8) is 0 Å². The van der Waals surface area contributed by atoms with E-state index in [-0.39, 0.29) is 12.5 Å². The van der Waals surface area contributed by atoms with Crippen LogP contribution in [-0.4, -0.2) is 34.9 Å². The number of thiocarbonyl (C=S) groups is 1. The van der Waals surface area contributed by atoms with Gasteiger partial charge >= 0.3 is 0 Å². The van der Waals surface area contributed by atoms with E-state index in [1.807, 2.05) is 19.9 Å². The normalized spacial score (nSPS) is 15.2. The maximum atomic E-state index is 12.6. The van der Waals surface area contributed by atoms with Gasteiger partial charge in [0.25, 0.3) is 5.91 Å². The minimum Gasteiger partial charge on any atom is -0.490 e. The van der Waals surface area contributed by atoms with E-state index >= 15 is 0 Å². The number of amides is 1. The molecule has 2 aromatic rings. The van der Waals surface area contributed by atoms with Crippen LogP contribution in [0.2, 0.25) is 10.0 Å². The number of nitrogens with zero attached hydrogens (tertiary/aromatic N) is 1. The van der Waals surface area contributed by atoms with Crippen molar-refractivity contribution < 1.29 is 14.3 Å². The van der Waals surface area contributed by atoms with Crippen LogP contribution in [0.25, 0.3) is 6.08 Å². The molecule has 0 saturated carbocycles. The predicted molar refractivity (Wildman–Crippen MR) is 138 cm³/mol. The van der Waals surface area contributed by atoms with Crippen molar-refractivity contribution in [2.24, 2.45) is 0 Å². The molecule has 1 fully saturated rings. The Kier molecular flexibility index (Phi) is 8.50. The van der Waals surface area contributed by atoms with Gasteiger partial charge in [0.1, 0.15) is 29.0 Å². The number of carbonyl (C=O) groups is 1. The van der Waals surface area contributed by atoms with Crippen molar-refractivity contribution >= 4 is 63.5 Å². The summed E-state index contributed by atoms with van der Waals surface area (Å²) in [6.45, 7) is 9.34. The molecule has 0 aliphatic carbocycles. The van der Waals surface area contributed by atoms with Gasteiger partial charge < -0.3 is 9.47 Å². The second-order valence-corrected chi connectivity index (χ2v) is 10.1. The second kappa shape index (κ2) is 10.9. The SMILES string of the molecule is CCN1C(=O)C(=Cc2cc(Cl)cc(Cl)c2OCCOc2cc(C)ccc2C(C)C)SC1=S. The van der Waals surface area contributed by atoms with Crippen LogP contribution in [0.4, 0.5) is 0 Å². The van der Waals surface area contributed by atoms with Gasteiger partial charge in [0.05, 0.1) is 9.93 Å². The van der Waals surface area contributed by atoms with Gasteiger partial charge in [-0.15, -0.1) is 0 Å². The van der Waals surface area contributed by atoms with E-state index in [1.165, 1.54) is 11.8 Å². The third kappa shape index (κ3) is 5.79. The number of thioether (sulfide) groups is 1. The first-order valence-electron chi connectivity index (χ1n) is 10.3. The van der Waals surface area contributed by atoms with Gasteiger partial charge in [-0.2, -0.15) is 0 Å². The zero-order valence-electron chi connectivity index (χ0n) is 18.4. The number of hydrogen-bond donors (Lipinski definition) is 0. The van der Waals surface area contributed by atoms with Crippen LogP contribution >= 0.6 is 47.2 Å². The van der Waals surface area contributed by atoms with E-state index in [0.29, 0.717) is 49.7 Å². The zero-order valence-corrected chi connectivity index (χ0v) is 21.6. The highest BCUT2D eigenvalue weighted by Crippen LogP contribution is 2.38. The average molecular weight is 511 g/mol. The summed E-state index contributed by atoms with van der Waals surface area (Å²) in [5.74, 6) is 1.53. The van der Waals surface area contributed by atoms with Gasteiger partial charge in [0.15, 0.2) is 0 Å². The Morgan fingerprint density at radius 3 is 2.53 bits per heavy atom. The van der Waals surface area contributed by atoms with Gasteiger partial charge in [-0.3, -0.25) is 9.69 Å². The molecule has 1 amide bonds. The van der Waals surface area contributed by atoms with Crippen LogP contribution in [-0.2, 0) is 4.79 Å². The first-order valence-corrected chi connectivity index (χ1v) is 12.3. The molecular weight excluding hydrogens is 485 g/mol. The summed E-state index contributed by atoms with van der Waals surface area (Å²) < 4.78 is 12.5. The number of hydrogen-bond acceptors (Lipinski definition) is 5. The lowest BCUT2D eigenvalue weighted by Gasteiger charge is -2.16. The van der Waals surface area contributed by atoms with Crippen molar-refractivity contribution in [1.29, 1.82) is 0 Å². The molecular formula is C24H25Cl2NO3S2. The monoisotopic (exact) mass is 509 g/mol. The lowest BCUT2D eigenvalue weighted by Crippen LogP contribution is -2.27. The highest BCUT2D eigenvalue weighted by molar-refractivity contribution is 8.26. The molecule has 1 saturated heterocycles. The first-order chi connectivity index (χ1) is 15.2. The third-order valence-corrected chi connectivity index (χ3v) is 6.77. The molecule has 1 heterocycles. The minimum absolute atomic E-state index is 0.131. The van der Waals surface area contributed by atoms with Gasteiger partial charge in [-0.25, -0.2) is 0 Å². The lowest BCUT2D eigenvalue weighted by atomic mass is 10.0. The van der Waals surface area contributed by atoms with E-state index in [9.17, 15) is 4.79 Å². The van der Waals surface area contributed by atoms with E-state index in [1.54, 1.807) is 23.1 Å². The average Bonchev–Trinajstić information content (AvgIpc) is 2.98. The Morgan fingerprint density at radius 2 is 1.88 bits per heavy atom. The summed E-state index contributed by atoms with van der Waals surface area (Å²) in [6, 6.07) is 9.55. The fourth-order valence-electron chi connectivity index (χ4n) is 3.29. The molecule has 3 rings (SSSR count). The van der Waals surface area contributed by atoms with Crippen molar-refractivity contribution in [2.75, 3.05) is 19.8 Å². The standard InChI is InChI=1S/C24H25Cl2NO3S2/c1-5-27-23(28)21(32-24(27)31)12-16-11-17(25)13-19(26)22(16)30-9-8-29-20-10-15(4)6-7-18(20)14(2)3/h6-7,10-14H,5,8-9H2,1-4H3. The Bertz CT molecular complexity index is 1070. The number of benzene rings is 2. The van der Waals surface area contributed by atoms with E-state index in [0.717, 1.165) is 16.9 Å². The summed E-state index contributed by atoms with van der Waals surface area (Å²) in [6.07, 6.45) is 1.72. The molecule has 1 aliphatic rings. The molecule has 170 valence electrons. The Labute approximate surface area is 208 Å². The Morgan fingerprint density at radius 1 is 1.16 bits per heavy atom. The fraction of sp³-hybridized carbons (Fsp3) is 0.333. The van der Waals surface area contributed by atoms with Crippen molar-refractivity contribution in [3.05, 3.63) is 62.0 Å². The summed E-state index contributed by atoms with van der Waals surface area (Å²) in [5.41, 5.74) is 2.91. The number of likely N-dealkylation sites (N-methyl/N-ethyl adjacent to an activating group) is 1. The van der Waals surface area contributed by atoms with Crippen LogP contribution in [0.1, 0.15) is 43.4 Å². The molecule has 1 aliphatic heterocycles. The maximum Gasteiger partial charge on any atom is 0.266 e. The molecule has 0 spiro atoms. The predicted octanol–water partition coefficient (Wildman–Crippen LogP) is 7.10. The molecule has 0 unspecified atom stereocenters. The number of halogens is 2. The quantitative estimate of drug-likeness (QED) is 0.215. The molecule has 0 bridgehead atoms. The Hall–Kier alpha value is -1.73. The maximum absolute atomic E-state index is 12.6. The molecule has 2 aromatic carbocycles. The topological polar surface area (TPSA) is 38.8 Å². The fourth-order valence-corrected chi connectivity index (χ4v) is 5.23. The summed E-state index contributed by atoms with van der Waals surface area (Å²) >= 11 is 19.2. The molecule has 4 nitrogen and oxygen atoms in total. The van der Waals surface area contributed by atoms with E-state index in [2.05, 4.69) is 26.0 Å². The summed E-state index contributed by atoms with van der Waals surface area (Å²) in [5, 5.41) is 0.824. The molecule has 8 heteroatoms. The zero-order chi connectivity index (χ0) is 23.4. The van der Waals surface area contributed by atoms with Gasteiger partial charge in [0.2, 0.25) is 0 Å². The van der Waals surface area contributed by atoms with Crippen LogP contribution in [0.15, 0.2) is 35.2 Å². The molecule has 0 radical (unpaired) electrons. The van der Waals surface area contributed by atoms with Gasteiger partial charge in [-0.05, 0) is 55.2 Å². The highest BCUT2D eigenvalue weighted by Gasteiger charge is 2.31. The largest absolute Gasteiger partial charge is 0.490 e. The highest BCUT2D eigenvalue weighted by atomic mass is 35.5. The molecule has 0 atom stereocenters. The Balaban J connectivity index is 1.76. The smallest absolute Gasteiger partial charge is 0.266 e. The van der Waals surface area contributed by atoms with Crippen LogP contribution < -0.4 is 9.47 Å². The van der Waals surface area contributed by atoms with Crippen LogP contribution in [0, 0.1) is 6.92 Å². The minimum atomic E-state index is -0.131. The number of aryl methyl sites for hydroxylation is 1. The number of rotatable bonds is 8. The van der Waals surface area contributed by atoms with E-state index in [4.69, 9.17) is 44.9 Å². The van der Waals surface area contributed by atoms with Crippen molar-refractivity contribution in [2.45, 2.75) is 33.6 Å². The summed E-state index contributed by atoms with van der Waals surface area (Å²) in [4.78, 5) is 14.7. The molecule has 0 N–H and O–H groups in total. The van der Waals surface area contributed by atoms with Crippen LogP contribution in [0.3, 0.4) is 0 Å².